The van der Waals surface area contributed by atoms with Gasteiger partial charge in [-0.3, -0.25) is 4.90 Å². The molecule has 0 aromatic rings. The molecule has 0 aromatic carbocycles. The van der Waals surface area contributed by atoms with E-state index in [9.17, 15) is 0 Å². The molecule has 2 N–H and O–H groups in total. The molecule has 0 aromatic heterocycles. The van der Waals surface area contributed by atoms with Crippen molar-refractivity contribution in [1.82, 2.24) is 4.90 Å². The van der Waals surface area contributed by atoms with E-state index in [1.165, 1.54) is 25.7 Å². The molecule has 1 saturated carbocycles. The largest absolute Gasteiger partial charge is 0.353 e. The number of nitrogens with zero attached hydrogens (tertiary/aromatic N) is 1. The van der Waals surface area contributed by atoms with E-state index in [1.54, 1.807) is 0 Å². The van der Waals surface area contributed by atoms with Gasteiger partial charge >= 0.3 is 0 Å². The maximum atomic E-state index is 5.82. The van der Waals surface area contributed by atoms with Crippen LogP contribution in [0.5, 0.6) is 0 Å². The van der Waals surface area contributed by atoms with Crippen LogP contribution in [-0.4, -0.2) is 50.6 Å². The number of ether oxygens (including phenoxy) is 2. The average molecular weight is 242 g/mol. The van der Waals surface area contributed by atoms with Crippen molar-refractivity contribution in [3.8, 4) is 0 Å². The summed E-state index contributed by atoms with van der Waals surface area (Å²) in [4.78, 5) is 2.35. The first-order valence-corrected chi connectivity index (χ1v) is 6.94. The molecule has 0 bridgehead atoms. The van der Waals surface area contributed by atoms with E-state index in [2.05, 4.69) is 11.9 Å². The third-order valence-corrected chi connectivity index (χ3v) is 3.86. The molecule has 0 radical (unpaired) electrons. The highest BCUT2D eigenvalue weighted by Gasteiger charge is 2.32. The van der Waals surface area contributed by atoms with Crippen LogP contribution >= 0.6 is 0 Å². The van der Waals surface area contributed by atoms with Crippen molar-refractivity contribution in [2.75, 3.05) is 33.4 Å². The Kier molecular flexibility index (Phi) is 5.22. The van der Waals surface area contributed by atoms with Crippen molar-refractivity contribution >= 4 is 0 Å². The van der Waals surface area contributed by atoms with Gasteiger partial charge in [0.25, 0.3) is 0 Å². The van der Waals surface area contributed by atoms with Gasteiger partial charge in [0.2, 0.25) is 0 Å². The zero-order chi connectivity index (χ0) is 12.1. The van der Waals surface area contributed by atoms with Crippen molar-refractivity contribution in [3.63, 3.8) is 0 Å². The molecule has 100 valence electrons. The fourth-order valence-corrected chi connectivity index (χ4v) is 2.55. The van der Waals surface area contributed by atoms with Crippen molar-refractivity contribution in [1.29, 1.82) is 0 Å². The Labute approximate surface area is 104 Å². The molecule has 1 aliphatic carbocycles. The first kappa shape index (κ1) is 13.3. The lowest BCUT2D eigenvalue weighted by Crippen LogP contribution is -2.41. The van der Waals surface area contributed by atoms with E-state index in [0.717, 1.165) is 38.6 Å². The first-order valence-electron chi connectivity index (χ1n) is 6.94. The van der Waals surface area contributed by atoms with Gasteiger partial charge in [-0.1, -0.05) is 0 Å². The van der Waals surface area contributed by atoms with E-state index < -0.39 is 0 Å². The highest BCUT2D eigenvalue weighted by atomic mass is 16.7. The second-order valence-corrected chi connectivity index (χ2v) is 5.29. The lowest BCUT2D eigenvalue weighted by Gasteiger charge is -2.28. The molecule has 1 heterocycles. The first-order chi connectivity index (χ1) is 8.31. The van der Waals surface area contributed by atoms with Gasteiger partial charge in [-0.25, -0.2) is 0 Å². The van der Waals surface area contributed by atoms with Gasteiger partial charge in [0.15, 0.2) is 6.29 Å². The molecule has 2 unspecified atom stereocenters. The zero-order valence-corrected chi connectivity index (χ0v) is 10.9. The Bertz CT molecular complexity index is 215. The minimum Gasteiger partial charge on any atom is -0.353 e. The molecule has 2 rings (SSSR count). The topological polar surface area (TPSA) is 47.7 Å². The van der Waals surface area contributed by atoms with Gasteiger partial charge < -0.3 is 15.2 Å². The van der Waals surface area contributed by atoms with Crippen molar-refractivity contribution in [2.24, 2.45) is 11.7 Å². The van der Waals surface area contributed by atoms with Gasteiger partial charge in [0.05, 0.1) is 6.61 Å². The van der Waals surface area contributed by atoms with Crippen LogP contribution in [0.25, 0.3) is 0 Å². The summed E-state index contributed by atoms with van der Waals surface area (Å²) in [5, 5.41) is 0. The summed E-state index contributed by atoms with van der Waals surface area (Å²) < 4.78 is 11.3. The number of rotatable bonds is 7. The van der Waals surface area contributed by atoms with Gasteiger partial charge in [0, 0.05) is 25.7 Å². The lowest BCUT2D eigenvalue weighted by molar-refractivity contribution is -0.164. The van der Waals surface area contributed by atoms with E-state index in [4.69, 9.17) is 15.2 Å². The lowest BCUT2D eigenvalue weighted by atomic mass is 10.1. The van der Waals surface area contributed by atoms with Crippen LogP contribution in [0.4, 0.5) is 0 Å². The molecule has 17 heavy (non-hydrogen) atoms. The third kappa shape index (κ3) is 4.21. The molecular formula is C13H26N2O2. The summed E-state index contributed by atoms with van der Waals surface area (Å²) in [6.07, 6.45) is 6.18. The monoisotopic (exact) mass is 242 g/mol. The van der Waals surface area contributed by atoms with E-state index in [-0.39, 0.29) is 6.29 Å². The standard InChI is InChI=1S/C13H26N2O2/c1-15(12(10-14)11-5-6-11)7-9-17-13-4-2-3-8-16-13/h11-13H,2-10,14H2,1H3. The SMILES string of the molecule is CN(CCOC1CCCCO1)C(CN)C1CC1. The number of likely N-dealkylation sites (N-methyl/N-ethyl adjacent to an activating group) is 1. The Balaban J connectivity index is 1.59. The average Bonchev–Trinajstić information content (AvgIpc) is 3.16. The van der Waals surface area contributed by atoms with Gasteiger partial charge in [-0.2, -0.15) is 0 Å². The Hall–Kier alpha value is -0.160. The van der Waals surface area contributed by atoms with Crippen LogP contribution in [0.15, 0.2) is 0 Å². The van der Waals surface area contributed by atoms with Gasteiger partial charge in [-0.15, -0.1) is 0 Å². The quantitative estimate of drug-likeness (QED) is 0.729. The maximum absolute atomic E-state index is 5.82. The summed E-state index contributed by atoms with van der Waals surface area (Å²) >= 11 is 0. The molecule has 2 fully saturated rings. The van der Waals surface area contributed by atoms with Crippen LogP contribution in [0.1, 0.15) is 32.1 Å². The molecule has 0 amide bonds. The predicted molar refractivity (Wildman–Crippen MR) is 67.7 cm³/mol. The van der Waals surface area contributed by atoms with Gasteiger partial charge in [0.1, 0.15) is 0 Å². The summed E-state index contributed by atoms with van der Waals surface area (Å²) in [6, 6.07) is 0.547. The number of nitrogens with two attached hydrogens (primary N) is 1. The van der Waals surface area contributed by atoms with Gasteiger partial charge in [-0.05, 0) is 45.1 Å². The molecule has 1 aliphatic heterocycles. The van der Waals surface area contributed by atoms with E-state index >= 15 is 0 Å². The van der Waals surface area contributed by atoms with E-state index in [0.29, 0.717) is 6.04 Å². The highest BCUT2D eigenvalue weighted by Crippen LogP contribution is 2.34. The number of hydrogen-bond acceptors (Lipinski definition) is 4. The number of hydrogen-bond donors (Lipinski definition) is 1. The summed E-state index contributed by atoms with van der Waals surface area (Å²) in [6.45, 7) is 3.33. The van der Waals surface area contributed by atoms with Crippen molar-refractivity contribution in [3.05, 3.63) is 0 Å². The fourth-order valence-electron chi connectivity index (χ4n) is 2.55. The smallest absolute Gasteiger partial charge is 0.157 e. The van der Waals surface area contributed by atoms with Crippen molar-refractivity contribution < 1.29 is 9.47 Å². The van der Waals surface area contributed by atoms with Crippen LogP contribution in [0.3, 0.4) is 0 Å². The second kappa shape index (κ2) is 6.69. The Morgan fingerprint density at radius 3 is 2.76 bits per heavy atom. The predicted octanol–water partition coefficient (Wildman–Crippen LogP) is 1.20. The molecule has 4 heteroatoms. The molecule has 0 spiro atoms. The molecule has 2 aliphatic rings. The zero-order valence-electron chi connectivity index (χ0n) is 10.9. The van der Waals surface area contributed by atoms with Crippen LogP contribution < -0.4 is 5.73 Å². The molecule has 4 nitrogen and oxygen atoms in total. The summed E-state index contributed by atoms with van der Waals surface area (Å²) in [5.41, 5.74) is 5.82. The second-order valence-electron chi connectivity index (χ2n) is 5.29. The van der Waals surface area contributed by atoms with Crippen LogP contribution in [0.2, 0.25) is 0 Å². The molecular weight excluding hydrogens is 216 g/mol. The third-order valence-electron chi connectivity index (χ3n) is 3.86. The Morgan fingerprint density at radius 2 is 2.18 bits per heavy atom. The Morgan fingerprint density at radius 1 is 1.35 bits per heavy atom. The van der Waals surface area contributed by atoms with Crippen LogP contribution in [-0.2, 0) is 9.47 Å². The molecule has 1 saturated heterocycles. The maximum Gasteiger partial charge on any atom is 0.157 e. The fraction of sp³-hybridized carbons (Fsp3) is 1.00. The minimum absolute atomic E-state index is 0.0365. The summed E-state index contributed by atoms with van der Waals surface area (Å²) in [5.74, 6) is 0.830. The van der Waals surface area contributed by atoms with Crippen molar-refractivity contribution in [2.45, 2.75) is 44.4 Å². The summed E-state index contributed by atoms with van der Waals surface area (Å²) in [7, 11) is 2.15. The van der Waals surface area contributed by atoms with E-state index in [1.807, 2.05) is 0 Å². The van der Waals surface area contributed by atoms with Crippen LogP contribution in [0, 0.1) is 5.92 Å². The normalized spacial score (nSPS) is 27.4. The minimum atomic E-state index is 0.0365. The highest BCUT2D eigenvalue weighted by molar-refractivity contribution is 4.87. The molecule has 2 atom stereocenters.